The maximum atomic E-state index is 5.03. The first kappa shape index (κ1) is 6.19. The second-order valence-corrected chi connectivity index (χ2v) is 11.0. The third kappa shape index (κ3) is 37.3. The zero-order chi connectivity index (χ0) is 4.50. The molecule has 0 aliphatic rings. The number of rotatable bonds is 0. The molecule has 0 aliphatic carbocycles. The molecule has 0 atom stereocenters. The summed E-state index contributed by atoms with van der Waals surface area (Å²) in [5.41, 5.74) is 0. The van der Waals surface area contributed by atoms with E-state index in [1.807, 2.05) is 0 Å². The Balaban J connectivity index is 3.02. The molecule has 0 spiro atoms. The predicted octanol–water partition coefficient (Wildman–Crippen LogP) is 0.195. The quantitative estimate of drug-likeness (QED) is 0.671. The molecule has 5 heavy (non-hydrogen) atoms. The normalized spacial score (nSPS) is 15.2. The van der Waals surface area contributed by atoms with Crippen LogP contribution in [0, 0.1) is 0 Å². The molecule has 0 aromatic heterocycles. The van der Waals surface area contributed by atoms with Crippen LogP contribution in [0.3, 0.4) is 0 Å². The molecular weight excluding hydrogens is 294 g/mol. The molecular formula is H4Cl2N2Pt-2. The van der Waals surface area contributed by atoms with E-state index in [0.29, 0.717) is 0 Å². The van der Waals surface area contributed by atoms with Gasteiger partial charge in [-0.1, -0.05) is 0 Å². The van der Waals surface area contributed by atoms with Gasteiger partial charge in [0.25, 0.3) is 0 Å². The van der Waals surface area contributed by atoms with Crippen molar-refractivity contribution in [1.82, 2.24) is 0 Å². The number of halogens is 2. The van der Waals surface area contributed by atoms with Gasteiger partial charge >= 0.3 is 41.9 Å². The van der Waals surface area contributed by atoms with E-state index in [-0.39, 0.29) is 0 Å². The summed E-state index contributed by atoms with van der Waals surface area (Å²) >= 11 is -3.00. The van der Waals surface area contributed by atoms with Crippen LogP contribution in [0.25, 0.3) is 0 Å². The average Bonchev–Trinajstić information content (AvgIpc) is 0.722. The molecule has 4 N–H and O–H groups in total. The molecule has 0 bridgehead atoms. The van der Waals surface area contributed by atoms with Crippen LogP contribution in [0.4, 0.5) is 0 Å². The second kappa shape index (κ2) is 1.76. The predicted molar refractivity (Wildman–Crippen MR) is 20.1 cm³/mol. The van der Waals surface area contributed by atoms with Gasteiger partial charge in [0.2, 0.25) is 0 Å². The summed E-state index contributed by atoms with van der Waals surface area (Å²) in [6.45, 7) is 0. The molecule has 0 rings (SSSR count). The monoisotopic (exact) mass is 297 g/mol. The first-order valence-corrected chi connectivity index (χ1v) is 8.86. The van der Waals surface area contributed by atoms with Crippen LogP contribution in [0.5, 0.6) is 0 Å². The molecule has 0 aromatic carbocycles. The van der Waals surface area contributed by atoms with Gasteiger partial charge in [0.15, 0.2) is 0 Å². The molecule has 0 aromatic rings. The summed E-state index contributed by atoms with van der Waals surface area (Å²) in [7, 11) is 10.1. The summed E-state index contributed by atoms with van der Waals surface area (Å²) in [6.07, 6.45) is 0. The van der Waals surface area contributed by atoms with E-state index in [9.17, 15) is 0 Å². The van der Waals surface area contributed by atoms with Crippen LogP contribution in [0.15, 0.2) is 0 Å². The minimum atomic E-state index is -3.00. The van der Waals surface area contributed by atoms with Crippen molar-refractivity contribution in [2.45, 2.75) is 0 Å². The van der Waals surface area contributed by atoms with Gasteiger partial charge in [-0.3, -0.25) is 0 Å². The van der Waals surface area contributed by atoms with E-state index in [0.717, 1.165) is 0 Å². The fourth-order valence-corrected chi connectivity index (χ4v) is 0. The number of hydrogen-bond acceptors (Lipinski definition) is 2. The van der Waals surface area contributed by atoms with Crippen LogP contribution in [-0.4, -0.2) is 0 Å². The Morgan fingerprint density at radius 3 is 1.20 bits per heavy atom. The number of nitrogens with two attached hydrogens (primary N) is 2. The molecule has 0 radical (unpaired) electrons. The molecule has 0 saturated carbocycles. The second-order valence-electron chi connectivity index (χ2n) is 0.427. The van der Waals surface area contributed by atoms with Gasteiger partial charge in [-0.2, -0.15) is 0 Å². The fraction of sp³-hybridized carbons (Fsp3) is 0. The van der Waals surface area contributed by atoms with E-state index in [2.05, 4.69) is 0 Å². The van der Waals surface area contributed by atoms with E-state index < -0.39 is 14.5 Å². The van der Waals surface area contributed by atoms with Crippen LogP contribution in [-0.2, 0) is 14.5 Å². The Kier molecular flexibility index (Phi) is 2.18. The summed E-state index contributed by atoms with van der Waals surface area (Å²) in [5, 5.41) is 0. The van der Waals surface area contributed by atoms with Gasteiger partial charge in [-0.05, 0) is 0 Å². The van der Waals surface area contributed by atoms with Gasteiger partial charge in [0, 0.05) is 0 Å². The Morgan fingerprint density at radius 1 is 1.20 bits per heavy atom. The van der Waals surface area contributed by atoms with Crippen molar-refractivity contribution in [1.29, 1.82) is 0 Å². The van der Waals surface area contributed by atoms with Crippen molar-refractivity contribution in [3.05, 3.63) is 0 Å². The van der Waals surface area contributed by atoms with Crippen LogP contribution >= 0.6 is 18.8 Å². The summed E-state index contributed by atoms with van der Waals surface area (Å²) in [5.74, 6) is 0. The van der Waals surface area contributed by atoms with Crippen molar-refractivity contribution in [2.24, 2.45) is 8.58 Å². The number of hydrogen-bond donors (Lipinski definition) is 2. The summed E-state index contributed by atoms with van der Waals surface area (Å²) in [4.78, 5) is 0. The first-order valence-electron chi connectivity index (χ1n) is 0.604. The molecule has 0 amide bonds. The zero-order valence-corrected chi connectivity index (χ0v) is 6.01. The Bertz CT molecular complexity index is 23.1. The fourth-order valence-electron chi connectivity index (χ4n) is 0. The van der Waals surface area contributed by atoms with Crippen molar-refractivity contribution < 1.29 is 14.5 Å². The van der Waals surface area contributed by atoms with Gasteiger partial charge in [0.05, 0.1) is 0 Å². The standard InChI is InChI=1S/2ClH.2H2N.Pt/h2*1H;2*1H2;/q;;2*-1;+2/p-2. The molecule has 0 saturated heterocycles. The molecule has 40 valence electrons. The SMILES string of the molecule is [NH2][Pt-2]([NH2])([Cl])[Cl]. The molecule has 2 nitrogen and oxygen atoms in total. The Hall–Kier alpha value is 1.19. The van der Waals surface area contributed by atoms with E-state index in [4.69, 9.17) is 27.4 Å². The van der Waals surface area contributed by atoms with Gasteiger partial charge in [-0.25, -0.2) is 0 Å². The molecule has 0 aliphatic heterocycles. The third-order valence-corrected chi connectivity index (χ3v) is 0. The maximum absolute atomic E-state index is 5.03. The summed E-state index contributed by atoms with van der Waals surface area (Å²) < 4.78 is 9.69. The minimum absolute atomic E-state index is 3.00. The first-order chi connectivity index (χ1) is 2.00. The van der Waals surface area contributed by atoms with Crippen LogP contribution < -0.4 is 8.58 Å². The van der Waals surface area contributed by atoms with E-state index in [1.165, 1.54) is 0 Å². The molecule has 0 fully saturated rings. The Morgan fingerprint density at radius 2 is 1.20 bits per heavy atom. The van der Waals surface area contributed by atoms with Gasteiger partial charge in [-0.15, -0.1) is 0 Å². The zero-order valence-electron chi connectivity index (χ0n) is 2.23. The molecule has 0 heterocycles. The van der Waals surface area contributed by atoms with Gasteiger partial charge in [0.1, 0.15) is 0 Å². The van der Waals surface area contributed by atoms with E-state index in [1.54, 1.807) is 0 Å². The van der Waals surface area contributed by atoms with Crippen molar-refractivity contribution in [2.75, 3.05) is 0 Å². The van der Waals surface area contributed by atoms with Crippen molar-refractivity contribution >= 4 is 18.8 Å². The molecule has 0 unspecified atom stereocenters. The van der Waals surface area contributed by atoms with E-state index >= 15 is 0 Å². The van der Waals surface area contributed by atoms with Crippen LogP contribution in [0.2, 0.25) is 0 Å². The average molecular weight is 298 g/mol. The van der Waals surface area contributed by atoms with Crippen LogP contribution in [0.1, 0.15) is 0 Å². The van der Waals surface area contributed by atoms with Gasteiger partial charge < -0.3 is 0 Å². The molecule has 5 heteroatoms. The van der Waals surface area contributed by atoms with Crippen molar-refractivity contribution in [3.8, 4) is 0 Å². The topological polar surface area (TPSA) is 52.0 Å². The Labute approximate surface area is 42.1 Å². The third-order valence-electron chi connectivity index (χ3n) is 0. The summed E-state index contributed by atoms with van der Waals surface area (Å²) in [6, 6.07) is 0. The van der Waals surface area contributed by atoms with Crippen molar-refractivity contribution in [3.63, 3.8) is 0 Å².